The fourth-order valence-corrected chi connectivity index (χ4v) is 7.98. The number of aliphatic hydroxyl groups excluding tert-OH is 1. The summed E-state index contributed by atoms with van der Waals surface area (Å²) in [5.41, 5.74) is 3.78. The predicted octanol–water partition coefficient (Wildman–Crippen LogP) is 5.62. The number of nitrogens with zero attached hydrogens (tertiary/aromatic N) is 5. The molecule has 0 bridgehead atoms. The molecule has 4 N–H and O–H groups in total. The van der Waals surface area contributed by atoms with Crippen molar-refractivity contribution >= 4 is 35.7 Å². The second-order valence-corrected chi connectivity index (χ2v) is 17.6. The number of imide groups is 1. The molecular formula is C44H74N6O10. The van der Waals surface area contributed by atoms with Gasteiger partial charge in [0.2, 0.25) is 11.8 Å². The molecule has 2 aromatic rings. The van der Waals surface area contributed by atoms with Gasteiger partial charge in [0, 0.05) is 51.0 Å². The molecule has 0 aromatic carbocycles. The first-order valence-corrected chi connectivity index (χ1v) is 21.3. The number of carbonyl (C=O) groups excluding carboxylic acids is 5. The van der Waals surface area contributed by atoms with Gasteiger partial charge < -0.3 is 34.6 Å². The quantitative estimate of drug-likeness (QED) is 0.0943. The monoisotopic (exact) mass is 847 g/mol. The first-order valence-electron chi connectivity index (χ1n) is 21.3. The number of esters is 3. The van der Waals surface area contributed by atoms with E-state index in [9.17, 15) is 33.9 Å². The molecule has 4 heterocycles. The van der Waals surface area contributed by atoms with Crippen LogP contribution in [-0.4, -0.2) is 96.2 Å². The zero-order valence-electron chi connectivity index (χ0n) is 38.2. The van der Waals surface area contributed by atoms with Gasteiger partial charge in [0.1, 0.15) is 0 Å². The number of likely N-dealkylation sites (tertiary alicyclic amines) is 1. The average Bonchev–Trinajstić information content (AvgIpc) is 3.98. The van der Waals surface area contributed by atoms with E-state index in [1.165, 1.54) is 4.90 Å². The number of carbonyl (C=O) groups is 6. The maximum Gasteiger partial charge on any atom is 0.318 e. The molecule has 2 aliphatic rings. The highest BCUT2D eigenvalue weighted by Crippen LogP contribution is 2.49. The Morgan fingerprint density at radius 1 is 0.833 bits per heavy atom. The molecule has 4 rings (SSSR count). The molecule has 2 fully saturated rings. The van der Waals surface area contributed by atoms with Gasteiger partial charge in [-0.15, -0.1) is 0 Å². The number of hydrogen-bond acceptors (Lipinski definition) is 12. The molecule has 2 amide bonds. The van der Waals surface area contributed by atoms with Gasteiger partial charge in [-0.25, -0.2) is 9.97 Å². The van der Waals surface area contributed by atoms with Crippen LogP contribution in [0.1, 0.15) is 115 Å². The molecule has 16 heteroatoms. The van der Waals surface area contributed by atoms with Crippen LogP contribution in [0.4, 0.5) is 0 Å². The van der Waals surface area contributed by atoms with E-state index in [-0.39, 0.29) is 60.6 Å². The second-order valence-electron chi connectivity index (χ2n) is 17.6. The third kappa shape index (κ3) is 14.9. The Hall–Kier alpha value is -4.44. The van der Waals surface area contributed by atoms with E-state index in [0.717, 1.165) is 25.9 Å². The fourth-order valence-electron chi connectivity index (χ4n) is 7.98. The summed E-state index contributed by atoms with van der Waals surface area (Å²) in [6, 6.07) is 0. The zero-order chi connectivity index (χ0) is 46.0. The number of carboxylic acids is 1. The van der Waals surface area contributed by atoms with Crippen molar-refractivity contribution in [2.45, 2.75) is 128 Å². The van der Waals surface area contributed by atoms with Gasteiger partial charge in [-0.2, -0.15) is 0 Å². The van der Waals surface area contributed by atoms with Gasteiger partial charge in [0.15, 0.2) is 0 Å². The molecule has 0 radical (unpaired) electrons. The van der Waals surface area contributed by atoms with Gasteiger partial charge in [-0.05, 0) is 55.9 Å². The Balaban J connectivity index is 0.000000578. The highest BCUT2D eigenvalue weighted by molar-refractivity contribution is 6.05. The largest absolute Gasteiger partial charge is 0.481 e. The number of rotatable bonds is 18. The molecule has 340 valence electrons. The number of aryl methyl sites for hydroxylation is 2. The van der Waals surface area contributed by atoms with Crippen LogP contribution in [0.2, 0.25) is 0 Å². The Kier molecular flexibility index (Phi) is 22.1. The smallest absolute Gasteiger partial charge is 0.318 e. The third-order valence-electron chi connectivity index (χ3n) is 11.9. The number of carboxylic acid groups (broad SMARTS) is 1. The normalized spacial score (nSPS) is 20.2. The van der Waals surface area contributed by atoms with Crippen molar-refractivity contribution in [2.24, 2.45) is 57.5 Å². The van der Waals surface area contributed by atoms with Crippen LogP contribution in [0.25, 0.3) is 0 Å². The summed E-state index contributed by atoms with van der Waals surface area (Å²) in [5.74, 6) is -6.61. The third-order valence-corrected chi connectivity index (χ3v) is 11.9. The number of aliphatic carboxylic acids is 1. The number of nitrogens with two attached hydrogens (primary N) is 1. The summed E-state index contributed by atoms with van der Waals surface area (Å²) in [5, 5.41) is 17.6. The lowest BCUT2D eigenvalue weighted by Gasteiger charge is -2.39. The predicted molar refractivity (Wildman–Crippen MR) is 226 cm³/mol. The second kappa shape index (κ2) is 24.7. The van der Waals surface area contributed by atoms with Crippen LogP contribution in [0, 0.1) is 51.8 Å². The lowest BCUT2D eigenvalue weighted by Crippen LogP contribution is -2.43. The lowest BCUT2D eigenvalue weighted by molar-refractivity contribution is -0.162. The number of imidazole rings is 2. The maximum atomic E-state index is 13.6. The highest BCUT2D eigenvalue weighted by Gasteiger charge is 2.56. The van der Waals surface area contributed by atoms with Gasteiger partial charge in [-0.1, -0.05) is 82.1 Å². The topological polar surface area (TPSA) is 226 Å². The van der Waals surface area contributed by atoms with Crippen molar-refractivity contribution < 1.29 is 48.5 Å². The molecule has 2 aliphatic heterocycles. The van der Waals surface area contributed by atoms with E-state index in [2.05, 4.69) is 14.7 Å². The SMILES string of the molecule is CCC(C)(C)C1C(=O)OC(=O)C1C.CCO.CCOC(=O)C(C)C(C(=O)O)C(C)(C)CC1C(=O)N(CCCn2ccnc2)C(=O)C1C(C)(C)CC.NCCCn1ccnc1. The van der Waals surface area contributed by atoms with E-state index >= 15 is 0 Å². The van der Waals surface area contributed by atoms with Crippen LogP contribution in [0.5, 0.6) is 0 Å². The number of aromatic nitrogens is 4. The van der Waals surface area contributed by atoms with Crippen LogP contribution in [0.3, 0.4) is 0 Å². The number of ether oxygens (including phenoxy) is 2. The van der Waals surface area contributed by atoms with Crippen molar-refractivity contribution in [3.63, 3.8) is 0 Å². The van der Waals surface area contributed by atoms with E-state index in [4.69, 9.17) is 15.6 Å². The number of hydrogen-bond donors (Lipinski definition) is 3. The van der Waals surface area contributed by atoms with Crippen molar-refractivity contribution in [3.05, 3.63) is 37.4 Å². The Bertz CT molecular complexity index is 1640. The lowest BCUT2D eigenvalue weighted by atomic mass is 9.63. The fraction of sp³-hybridized carbons (Fsp3) is 0.727. The number of cyclic esters (lactones) is 2. The molecule has 2 saturated heterocycles. The molecule has 6 atom stereocenters. The van der Waals surface area contributed by atoms with E-state index < -0.39 is 46.4 Å². The molecule has 0 spiro atoms. The summed E-state index contributed by atoms with van der Waals surface area (Å²) in [7, 11) is 0. The first-order chi connectivity index (χ1) is 28.0. The zero-order valence-corrected chi connectivity index (χ0v) is 38.2. The van der Waals surface area contributed by atoms with Gasteiger partial charge in [0.25, 0.3) is 0 Å². The van der Waals surface area contributed by atoms with Crippen molar-refractivity contribution in [1.82, 2.24) is 24.0 Å². The number of amides is 2. The van der Waals surface area contributed by atoms with Gasteiger partial charge >= 0.3 is 23.9 Å². The molecule has 16 nitrogen and oxygen atoms in total. The minimum atomic E-state index is -1.11. The highest BCUT2D eigenvalue weighted by atomic mass is 16.6. The van der Waals surface area contributed by atoms with Gasteiger partial charge in [-0.3, -0.25) is 33.7 Å². The van der Waals surface area contributed by atoms with Crippen LogP contribution in [0.15, 0.2) is 37.4 Å². The molecular weight excluding hydrogens is 773 g/mol. The standard InChI is InChI=1S/C26H41N3O6.C10H16O3.C6H11N3.C2H6O/c1-8-25(4,5)20-18(15-26(6,7)19(23(32)33)17(3)24(34)35-9-2)21(30)29(22(20)31)13-10-12-28-14-11-27-16-28;1-5-10(3,4)7-6(2)8(11)13-9(7)12;7-2-1-4-9-5-3-8-6-9;1-2-3/h11,14,16-20H,8-10,12-13,15H2,1-7H3,(H,32,33);6-7H,5H2,1-4H3;3,5-6H,1-2,4,7H2;3H,2H2,1H3. The van der Waals surface area contributed by atoms with Crippen molar-refractivity contribution in [3.8, 4) is 0 Å². The Labute approximate surface area is 357 Å². The summed E-state index contributed by atoms with van der Waals surface area (Å²) in [4.78, 5) is 83.6. The van der Waals surface area contributed by atoms with E-state index in [1.54, 1.807) is 66.6 Å². The van der Waals surface area contributed by atoms with E-state index in [0.29, 0.717) is 25.9 Å². The van der Waals surface area contributed by atoms with Crippen LogP contribution in [-0.2, 0) is 51.3 Å². The van der Waals surface area contributed by atoms with E-state index in [1.807, 2.05) is 63.1 Å². The molecule has 0 saturated carbocycles. The van der Waals surface area contributed by atoms with Crippen molar-refractivity contribution in [2.75, 3.05) is 26.3 Å². The summed E-state index contributed by atoms with van der Waals surface area (Å²) in [6.45, 7) is 25.2. The molecule has 60 heavy (non-hydrogen) atoms. The molecule has 0 aliphatic carbocycles. The van der Waals surface area contributed by atoms with Crippen molar-refractivity contribution in [1.29, 1.82) is 0 Å². The van der Waals surface area contributed by atoms with Crippen LogP contribution >= 0.6 is 0 Å². The summed E-state index contributed by atoms with van der Waals surface area (Å²) >= 11 is 0. The summed E-state index contributed by atoms with van der Waals surface area (Å²) in [6.07, 6.45) is 14.1. The molecule has 6 unspecified atom stereocenters. The summed E-state index contributed by atoms with van der Waals surface area (Å²) < 4.78 is 13.6. The minimum absolute atomic E-state index is 0.150. The first kappa shape index (κ1) is 53.6. The maximum absolute atomic E-state index is 13.6. The van der Waals surface area contributed by atoms with Gasteiger partial charge in [0.05, 0.1) is 54.8 Å². The minimum Gasteiger partial charge on any atom is -0.481 e. The van der Waals surface area contributed by atoms with Crippen LogP contribution < -0.4 is 5.73 Å². The number of aliphatic hydroxyl groups is 1. The Morgan fingerprint density at radius 2 is 1.33 bits per heavy atom. The molecule has 2 aromatic heterocycles. The average molecular weight is 847 g/mol. The Morgan fingerprint density at radius 3 is 1.73 bits per heavy atom.